The molecule has 1 N–H and O–H groups in total. The summed E-state index contributed by atoms with van der Waals surface area (Å²) in [7, 11) is 1.87. The lowest BCUT2D eigenvalue weighted by Crippen LogP contribution is -2.18. The van der Waals surface area contributed by atoms with Crippen LogP contribution in [0.25, 0.3) is 0 Å². The van der Waals surface area contributed by atoms with Crippen LogP contribution in [0.3, 0.4) is 0 Å². The molecule has 1 rings (SSSR count). The first-order valence-corrected chi connectivity index (χ1v) is 8.19. The highest BCUT2D eigenvalue weighted by Crippen LogP contribution is 2.29. The van der Waals surface area contributed by atoms with E-state index in [1.165, 1.54) is 44.6 Å². The molecule has 1 aromatic rings. The van der Waals surface area contributed by atoms with Gasteiger partial charge in [0.2, 0.25) is 0 Å². The van der Waals surface area contributed by atoms with E-state index >= 15 is 0 Å². The minimum Gasteiger partial charge on any atom is -0.313 e. The molecule has 1 unspecified atom stereocenters. The lowest BCUT2D eigenvalue weighted by atomic mass is 9.99. The molecule has 0 aliphatic carbocycles. The highest BCUT2D eigenvalue weighted by atomic mass is 35.5. The minimum atomic E-state index is -0.209. The van der Waals surface area contributed by atoms with Crippen molar-refractivity contribution in [3.8, 4) is 0 Å². The number of benzene rings is 1. The monoisotopic (exact) mass is 299 g/mol. The van der Waals surface area contributed by atoms with E-state index in [2.05, 4.69) is 12.2 Å². The average molecular weight is 300 g/mol. The van der Waals surface area contributed by atoms with Gasteiger partial charge in [0.1, 0.15) is 5.82 Å². The maximum atomic E-state index is 13.9. The van der Waals surface area contributed by atoms with Gasteiger partial charge in [0, 0.05) is 16.6 Å². The topological polar surface area (TPSA) is 12.0 Å². The van der Waals surface area contributed by atoms with Crippen molar-refractivity contribution in [3.05, 3.63) is 34.6 Å². The van der Waals surface area contributed by atoms with Gasteiger partial charge in [-0.05, 0) is 25.6 Å². The summed E-state index contributed by atoms with van der Waals surface area (Å²) in [5, 5.41) is 3.71. The van der Waals surface area contributed by atoms with Crippen molar-refractivity contribution in [1.82, 2.24) is 5.32 Å². The van der Waals surface area contributed by atoms with E-state index in [0.717, 1.165) is 12.8 Å². The van der Waals surface area contributed by atoms with Gasteiger partial charge in [-0.25, -0.2) is 4.39 Å². The number of halogens is 2. The first kappa shape index (κ1) is 17.5. The van der Waals surface area contributed by atoms with Crippen molar-refractivity contribution in [3.63, 3.8) is 0 Å². The van der Waals surface area contributed by atoms with Gasteiger partial charge in [0.05, 0.1) is 0 Å². The van der Waals surface area contributed by atoms with Gasteiger partial charge in [-0.3, -0.25) is 0 Å². The summed E-state index contributed by atoms with van der Waals surface area (Å²) >= 11 is 6.12. The Hall–Kier alpha value is -0.600. The third kappa shape index (κ3) is 5.80. The van der Waals surface area contributed by atoms with Gasteiger partial charge in [-0.2, -0.15) is 0 Å². The quantitative estimate of drug-likeness (QED) is 0.532. The molecule has 0 radical (unpaired) electrons. The molecule has 0 bridgehead atoms. The average Bonchev–Trinajstić information content (AvgIpc) is 2.44. The molecule has 0 aliphatic rings. The van der Waals surface area contributed by atoms with Crippen molar-refractivity contribution < 1.29 is 4.39 Å². The van der Waals surface area contributed by atoms with Gasteiger partial charge >= 0.3 is 0 Å². The Labute approximate surface area is 127 Å². The van der Waals surface area contributed by atoms with Crippen molar-refractivity contribution >= 4 is 11.6 Å². The first-order chi connectivity index (χ1) is 9.70. The molecule has 20 heavy (non-hydrogen) atoms. The Balaban J connectivity index is 2.36. The Morgan fingerprint density at radius 2 is 1.75 bits per heavy atom. The third-order valence-electron chi connectivity index (χ3n) is 3.79. The Bertz CT molecular complexity index is 361. The van der Waals surface area contributed by atoms with Crippen LogP contribution in [0, 0.1) is 5.82 Å². The summed E-state index contributed by atoms with van der Waals surface area (Å²) in [6.45, 7) is 2.23. The van der Waals surface area contributed by atoms with E-state index < -0.39 is 0 Å². The Morgan fingerprint density at radius 3 is 2.35 bits per heavy atom. The van der Waals surface area contributed by atoms with Gasteiger partial charge in [-0.15, -0.1) is 0 Å². The maximum absolute atomic E-state index is 13.9. The largest absolute Gasteiger partial charge is 0.313 e. The second kappa shape index (κ2) is 10.2. The lowest BCUT2D eigenvalue weighted by molar-refractivity contribution is 0.475. The molecule has 0 fully saturated rings. The summed E-state index contributed by atoms with van der Waals surface area (Å²) in [6.07, 6.45) is 9.82. The van der Waals surface area contributed by atoms with Crippen LogP contribution in [0.1, 0.15) is 69.9 Å². The molecule has 0 saturated heterocycles. The molecule has 0 aromatic heterocycles. The van der Waals surface area contributed by atoms with Crippen LogP contribution < -0.4 is 5.32 Å². The van der Waals surface area contributed by atoms with E-state index in [0.29, 0.717) is 10.6 Å². The van der Waals surface area contributed by atoms with Crippen molar-refractivity contribution in [2.45, 2.75) is 64.3 Å². The van der Waals surface area contributed by atoms with Crippen molar-refractivity contribution in [2.75, 3.05) is 7.05 Å². The molecular formula is C17H27ClFN. The summed E-state index contributed by atoms with van der Waals surface area (Å²) in [6, 6.07) is 4.91. The van der Waals surface area contributed by atoms with E-state index in [9.17, 15) is 4.39 Å². The molecule has 0 aliphatic heterocycles. The predicted molar refractivity (Wildman–Crippen MR) is 85.8 cm³/mol. The normalized spacial score (nSPS) is 12.6. The smallest absolute Gasteiger partial charge is 0.129 e. The van der Waals surface area contributed by atoms with Gasteiger partial charge in [0.15, 0.2) is 0 Å². The number of hydrogen-bond acceptors (Lipinski definition) is 1. The van der Waals surface area contributed by atoms with E-state index in [1.807, 2.05) is 7.05 Å². The van der Waals surface area contributed by atoms with Crippen molar-refractivity contribution in [1.29, 1.82) is 0 Å². The zero-order chi connectivity index (χ0) is 14.8. The number of hydrogen-bond donors (Lipinski definition) is 1. The second-order valence-corrected chi connectivity index (χ2v) is 5.79. The SMILES string of the molecule is CCCCCCCCCC(NC)c1c(F)cccc1Cl. The highest BCUT2D eigenvalue weighted by Gasteiger charge is 2.16. The minimum absolute atomic E-state index is 0.0133. The van der Waals surface area contributed by atoms with Crippen LogP contribution in [0.4, 0.5) is 4.39 Å². The van der Waals surface area contributed by atoms with Crippen LogP contribution >= 0.6 is 11.6 Å². The molecule has 0 saturated carbocycles. The molecule has 3 heteroatoms. The highest BCUT2D eigenvalue weighted by molar-refractivity contribution is 6.31. The fraction of sp³-hybridized carbons (Fsp3) is 0.647. The molecule has 0 heterocycles. The van der Waals surface area contributed by atoms with Crippen LogP contribution in [0.5, 0.6) is 0 Å². The molecule has 0 amide bonds. The molecule has 1 nitrogen and oxygen atoms in total. The van der Waals surface area contributed by atoms with E-state index in [-0.39, 0.29) is 11.9 Å². The summed E-state index contributed by atoms with van der Waals surface area (Å²) < 4.78 is 13.9. The van der Waals surface area contributed by atoms with Crippen molar-refractivity contribution in [2.24, 2.45) is 0 Å². The van der Waals surface area contributed by atoms with E-state index in [4.69, 9.17) is 11.6 Å². The van der Waals surface area contributed by atoms with Crippen LogP contribution in [-0.2, 0) is 0 Å². The molecule has 1 atom stereocenters. The summed E-state index contributed by atoms with van der Waals surface area (Å²) in [5.41, 5.74) is 0.614. The molecule has 0 spiro atoms. The van der Waals surface area contributed by atoms with Crippen LogP contribution in [-0.4, -0.2) is 7.05 Å². The number of unbranched alkanes of at least 4 members (excludes halogenated alkanes) is 6. The fourth-order valence-corrected chi connectivity index (χ4v) is 2.88. The zero-order valence-electron chi connectivity index (χ0n) is 12.7. The first-order valence-electron chi connectivity index (χ1n) is 7.81. The molecule has 114 valence electrons. The summed E-state index contributed by atoms with van der Waals surface area (Å²) in [4.78, 5) is 0. The van der Waals surface area contributed by atoms with Gasteiger partial charge < -0.3 is 5.32 Å². The lowest BCUT2D eigenvalue weighted by Gasteiger charge is -2.18. The fourth-order valence-electron chi connectivity index (χ4n) is 2.58. The Morgan fingerprint density at radius 1 is 1.10 bits per heavy atom. The maximum Gasteiger partial charge on any atom is 0.129 e. The molecule has 1 aromatic carbocycles. The number of rotatable bonds is 10. The number of nitrogens with one attached hydrogen (secondary N) is 1. The third-order valence-corrected chi connectivity index (χ3v) is 4.12. The predicted octanol–water partition coefficient (Wildman–Crippen LogP) is 5.88. The van der Waals surface area contributed by atoms with E-state index in [1.54, 1.807) is 12.1 Å². The van der Waals surface area contributed by atoms with Gasteiger partial charge in [-0.1, -0.05) is 69.5 Å². The van der Waals surface area contributed by atoms with Crippen LogP contribution in [0.2, 0.25) is 5.02 Å². The molecular weight excluding hydrogens is 273 g/mol. The van der Waals surface area contributed by atoms with Gasteiger partial charge in [0.25, 0.3) is 0 Å². The standard InChI is InChI=1S/C17H27ClFN/c1-3-4-5-6-7-8-9-13-16(20-2)17-14(18)11-10-12-15(17)19/h10-12,16,20H,3-9,13H2,1-2H3. The van der Waals surface area contributed by atoms with Crippen LogP contribution in [0.15, 0.2) is 18.2 Å². The summed E-state index contributed by atoms with van der Waals surface area (Å²) in [5.74, 6) is -0.209. The second-order valence-electron chi connectivity index (χ2n) is 5.39. The Kier molecular flexibility index (Phi) is 8.88. The zero-order valence-corrected chi connectivity index (χ0v) is 13.5.